The Bertz CT molecular complexity index is 550. The molecule has 2 aromatic carbocycles. The monoisotopic (exact) mass is 285 g/mol. The van der Waals surface area contributed by atoms with Crippen molar-refractivity contribution in [3.8, 4) is 11.5 Å². The van der Waals surface area contributed by atoms with Crippen molar-refractivity contribution in [2.45, 2.75) is 27.0 Å². The van der Waals surface area contributed by atoms with Gasteiger partial charge in [0.05, 0.1) is 0 Å². The molecule has 0 saturated carbocycles. The smallest absolute Gasteiger partial charge is 0.120 e. The van der Waals surface area contributed by atoms with E-state index in [1.165, 1.54) is 0 Å². The van der Waals surface area contributed by atoms with E-state index in [0.717, 1.165) is 36.5 Å². The topological polar surface area (TPSA) is 32.7 Å². The Hall–Kier alpha value is -2.00. The van der Waals surface area contributed by atoms with Crippen LogP contribution in [0.1, 0.15) is 25.0 Å². The Labute approximate surface area is 126 Å². The van der Waals surface area contributed by atoms with E-state index in [9.17, 15) is 5.11 Å². The third-order valence-electron chi connectivity index (χ3n) is 3.58. The second-order valence-electron chi connectivity index (χ2n) is 5.03. The van der Waals surface area contributed by atoms with Crippen molar-refractivity contribution in [2.24, 2.45) is 0 Å². The predicted octanol–water partition coefficient (Wildman–Crippen LogP) is 3.81. The molecule has 3 heteroatoms. The number of phenolic OH excluding ortho intramolecular Hbond substituents is 1. The van der Waals surface area contributed by atoms with Gasteiger partial charge in [-0.3, -0.25) is 4.90 Å². The van der Waals surface area contributed by atoms with Crippen molar-refractivity contribution in [1.29, 1.82) is 0 Å². The summed E-state index contributed by atoms with van der Waals surface area (Å²) < 4.78 is 5.75. The fraction of sp³-hybridized carbons (Fsp3) is 0.333. The molecule has 21 heavy (non-hydrogen) atoms. The van der Waals surface area contributed by atoms with Crippen LogP contribution in [0.15, 0.2) is 48.5 Å². The lowest BCUT2D eigenvalue weighted by Gasteiger charge is -2.19. The van der Waals surface area contributed by atoms with E-state index < -0.39 is 0 Å². The molecule has 112 valence electrons. The van der Waals surface area contributed by atoms with Gasteiger partial charge in [-0.1, -0.05) is 38.1 Å². The average molecular weight is 285 g/mol. The van der Waals surface area contributed by atoms with E-state index in [-0.39, 0.29) is 0 Å². The summed E-state index contributed by atoms with van der Waals surface area (Å²) >= 11 is 0. The van der Waals surface area contributed by atoms with Gasteiger partial charge in [-0.15, -0.1) is 0 Å². The highest BCUT2D eigenvalue weighted by Gasteiger charge is 2.07. The minimum atomic E-state index is 0.352. The molecule has 0 aliphatic carbocycles. The van der Waals surface area contributed by atoms with E-state index in [0.29, 0.717) is 12.4 Å². The second-order valence-corrected chi connectivity index (χ2v) is 5.03. The quantitative estimate of drug-likeness (QED) is 0.839. The Kier molecular flexibility index (Phi) is 5.64. The number of rotatable bonds is 7. The number of hydrogen-bond acceptors (Lipinski definition) is 3. The van der Waals surface area contributed by atoms with E-state index in [1.54, 1.807) is 6.07 Å². The van der Waals surface area contributed by atoms with Crippen molar-refractivity contribution in [3.05, 3.63) is 59.7 Å². The maximum Gasteiger partial charge on any atom is 0.120 e. The van der Waals surface area contributed by atoms with Gasteiger partial charge in [0.2, 0.25) is 0 Å². The van der Waals surface area contributed by atoms with Crippen LogP contribution in [-0.4, -0.2) is 23.1 Å². The van der Waals surface area contributed by atoms with Crippen LogP contribution in [0.4, 0.5) is 0 Å². The predicted molar refractivity (Wildman–Crippen MR) is 85.5 cm³/mol. The summed E-state index contributed by atoms with van der Waals surface area (Å²) in [7, 11) is 0. The van der Waals surface area contributed by atoms with Gasteiger partial charge < -0.3 is 9.84 Å². The maximum absolute atomic E-state index is 9.99. The lowest BCUT2D eigenvalue weighted by molar-refractivity contribution is 0.288. The molecule has 0 amide bonds. The average Bonchev–Trinajstić information content (AvgIpc) is 2.53. The third-order valence-corrected chi connectivity index (χ3v) is 3.58. The first-order valence-corrected chi connectivity index (χ1v) is 7.44. The Balaban J connectivity index is 2.04. The molecule has 3 nitrogen and oxygen atoms in total. The normalized spacial score (nSPS) is 10.8. The van der Waals surface area contributed by atoms with Gasteiger partial charge in [0.25, 0.3) is 0 Å². The molecule has 0 atom stereocenters. The van der Waals surface area contributed by atoms with E-state index >= 15 is 0 Å². The number of benzene rings is 2. The highest BCUT2D eigenvalue weighted by atomic mass is 16.5. The van der Waals surface area contributed by atoms with Gasteiger partial charge in [0, 0.05) is 12.1 Å². The first-order chi connectivity index (χ1) is 10.2. The summed E-state index contributed by atoms with van der Waals surface area (Å²) in [5, 5.41) is 9.99. The van der Waals surface area contributed by atoms with Gasteiger partial charge in [-0.2, -0.15) is 0 Å². The SMILES string of the molecule is CCN(CC)Cc1cc(COc2ccccc2)ccc1O. The standard InChI is InChI=1S/C18H23NO2/c1-3-19(4-2)13-16-12-15(10-11-18(16)20)14-21-17-8-6-5-7-9-17/h5-12,20H,3-4,13-14H2,1-2H3. The first-order valence-electron chi connectivity index (χ1n) is 7.44. The summed E-state index contributed by atoms with van der Waals surface area (Å²) in [6.07, 6.45) is 0. The largest absolute Gasteiger partial charge is 0.508 e. The van der Waals surface area contributed by atoms with Crippen LogP contribution in [0.25, 0.3) is 0 Å². The molecule has 0 aliphatic heterocycles. The number of ether oxygens (including phenoxy) is 1. The summed E-state index contributed by atoms with van der Waals surface area (Å²) in [5.41, 5.74) is 2.02. The van der Waals surface area contributed by atoms with Crippen LogP contribution < -0.4 is 4.74 Å². The molecule has 0 unspecified atom stereocenters. The van der Waals surface area contributed by atoms with Gasteiger partial charge in [0.15, 0.2) is 0 Å². The molecule has 0 saturated heterocycles. The number of phenols is 1. The lowest BCUT2D eigenvalue weighted by atomic mass is 10.1. The van der Waals surface area contributed by atoms with Crippen LogP contribution in [0.2, 0.25) is 0 Å². The number of hydrogen-bond donors (Lipinski definition) is 1. The highest BCUT2D eigenvalue weighted by Crippen LogP contribution is 2.21. The van der Waals surface area contributed by atoms with Gasteiger partial charge in [-0.05, 0) is 42.9 Å². The van der Waals surface area contributed by atoms with Crippen LogP contribution >= 0.6 is 0 Å². The number of aromatic hydroxyl groups is 1. The molecule has 0 spiro atoms. The van der Waals surface area contributed by atoms with Crippen molar-refractivity contribution in [1.82, 2.24) is 4.90 Å². The van der Waals surface area contributed by atoms with Gasteiger partial charge in [0.1, 0.15) is 18.1 Å². The minimum Gasteiger partial charge on any atom is -0.508 e. The van der Waals surface area contributed by atoms with Crippen molar-refractivity contribution < 1.29 is 9.84 Å². The molecule has 1 N–H and O–H groups in total. The molecule has 0 fully saturated rings. The third kappa shape index (κ3) is 4.50. The fourth-order valence-electron chi connectivity index (χ4n) is 2.23. The lowest BCUT2D eigenvalue weighted by Crippen LogP contribution is -2.22. The molecule has 0 bridgehead atoms. The van der Waals surface area contributed by atoms with Gasteiger partial charge in [-0.25, -0.2) is 0 Å². The molecule has 0 radical (unpaired) electrons. The highest BCUT2D eigenvalue weighted by molar-refractivity contribution is 5.36. The zero-order chi connectivity index (χ0) is 15.1. The Morgan fingerprint density at radius 1 is 1.00 bits per heavy atom. The zero-order valence-electron chi connectivity index (χ0n) is 12.7. The van der Waals surface area contributed by atoms with E-state index in [2.05, 4.69) is 18.7 Å². The first kappa shape index (κ1) is 15.4. The summed E-state index contributed by atoms with van der Waals surface area (Å²) in [5.74, 6) is 1.21. The van der Waals surface area contributed by atoms with Crippen LogP contribution in [0.3, 0.4) is 0 Å². The summed E-state index contributed by atoms with van der Waals surface area (Å²) in [6, 6.07) is 15.4. The molecule has 0 aliphatic rings. The van der Waals surface area contributed by atoms with E-state index in [4.69, 9.17) is 4.74 Å². The van der Waals surface area contributed by atoms with Crippen molar-refractivity contribution in [2.75, 3.05) is 13.1 Å². The van der Waals surface area contributed by atoms with Crippen molar-refractivity contribution >= 4 is 0 Å². The molecular formula is C18H23NO2. The Morgan fingerprint density at radius 2 is 1.71 bits per heavy atom. The van der Waals surface area contributed by atoms with E-state index in [1.807, 2.05) is 42.5 Å². The number of nitrogens with zero attached hydrogens (tertiary/aromatic N) is 1. The second kappa shape index (κ2) is 7.70. The summed E-state index contributed by atoms with van der Waals surface area (Å²) in [6.45, 7) is 7.47. The zero-order valence-corrected chi connectivity index (χ0v) is 12.7. The number of para-hydroxylation sites is 1. The maximum atomic E-state index is 9.99. The molecule has 2 aromatic rings. The van der Waals surface area contributed by atoms with Crippen molar-refractivity contribution in [3.63, 3.8) is 0 Å². The fourth-order valence-corrected chi connectivity index (χ4v) is 2.23. The minimum absolute atomic E-state index is 0.352. The van der Waals surface area contributed by atoms with Gasteiger partial charge >= 0.3 is 0 Å². The molecule has 2 rings (SSSR count). The van der Waals surface area contributed by atoms with Crippen LogP contribution in [0.5, 0.6) is 11.5 Å². The molecular weight excluding hydrogens is 262 g/mol. The molecule has 0 heterocycles. The molecule has 0 aromatic heterocycles. The van der Waals surface area contributed by atoms with Crippen LogP contribution in [0, 0.1) is 0 Å². The summed E-state index contributed by atoms with van der Waals surface area (Å²) in [4.78, 5) is 2.27. The van der Waals surface area contributed by atoms with Crippen LogP contribution in [-0.2, 0) is 13.2 Å². The Morgan fingerprint density at radius 3 is 2.38 bits per heavy atom.